The Labute approximate surface area is 111 Å². The van der Waals surface area contributed by atoms with Gasteiger partial charge in [0, 0.05) is 23.5 Å². The van der Waals surface area contributed by atoms with Gasteiger partial charge in [-0.25, -0.2) is 0 Å². The largest absolute Gasteiger partial charge is 0.486 e. The molecule has 0 aliphatic carbocycles. The van der Waals surface area contributed by atoms with Crippen LogP contribution in [0.4, 0.5) is 0 Å². The zero-order valence-electron chi connectivity index (χ0n) is 10.7. The molecular formula is C15H15NO3. The molecule has 2 heterocycles. The Hall–Kier alpha value is -2.07. The van der Waals surface area contributed by atoms with Gasteiger partial charge in [0.05, 0.1) is 0 Å². The summed E-state index contributed by atoms with van der Waals surface area (Å²) in [6.07, 6.45) is 2.64. The summed E-state index contributed by atoms with van der Waals surface area (Å²) >= 11 is 0. The number of rotatable bonds is 2. The first-order chi connectivity index (χ1) is 9.27. The fourth-order valence-electron chi connectivity index (χ4n) is 2.24. The smallest absolute Gasteiger partial charge is 0.167 e. The van der Waals surface area contributed by atoms with Crippen molar-refractivity contribution in [1.82, 2.24) is 4.98 Å². The molecule has 3 rings (SSSR count). The number of nitrogens with zero attached hydrogens (tertiary/aromatic N) is 1. The number of hydrogen-bond acceptors (Lipinski definition) is 4. The summed E-state index contributed by atoms with van der Waals surface area (Å²) in [4.78, 5) is 4.07. The third kappa shape index (κ3) is 2.15. The highest BCUT2D eigenvalue weighted by atomic mass is 16.6. The molecule has 0 saturated carbocycles. The van der Waals surface area contributed by atoms with Crippen LogP contribution in [0.15, 0.2) is 36.7 Å². The first kappa shape index (κ1) is 12.0. The summed E-state index contributed by atoms with van der Waals surface area (Å²) < 4.78 is 11.2. The standard InChI is InChI=1S/C15H15NO3/c1-10-5-6-16-9-12(10)14(17)11-3-2-4-13-15(11)19-8-7-18-13/h2-6,9,14,17H,7-8H2,1H3. The van der Waals surface area contributed by atoms with Crippen molar-refractivity contribution in [3.63, 3.8) is 0 Å². The van der Waals surface area contributed by atoms with E-state index in [0.29, 0.717) is 30.3 Å². The van der Waals surface area contributed by atoms with E-state index in [1.54, 1.807) is 12.4 Å². The summed E-state index contributed by atoms with van der Waals surface area (Å²) in [5.74, 6) is 1.31. The van der Waals surface area contributed by atoms with Gasteiger partial charge in [-0.15, -0.1) is 0 Å². The third-order valence-electron chi connectivity index (χ3n) is 3.27. The molecule has 0 saturated heterocycles. The maximum atomic E-state index is 10.6. The SMILES string of the molecule is Cc1ccncc1C(O)c1cccc2c1OCCO2. The van der Waals surface area contributed by atoms with E-state index in [0.717, 1.165) is 11.1 Å². The fraction of sp³-hybridized carbons (Fsp3) is 0.267. The van der Waals surface area contributed by atoms with Crippen molar-refractivity contribution in [1.29, 1.82) is 0 Å². The Bertz CT molecular complexity index is 598. The van der Waals surface area contributed by atoms with E-state index in [4.69, 9.17) is 9.47 Å². The van der Waals surface area contributed by atoms with Crippen LogP contribution in [0.5, 0.6) is 11.5 Å². The molecule has 0 radical (unpaired) electrons. The molecule has 0 fully saturated rings. The minimum atomic E-state index is -0.759. The van der Waals surface area contributed by atoms with Crippen molar-refractivity contribution in [2.75, 3.05) is 13.2 Å². The molecule has 2 aromatic rings. The molecule has 19 heavy (non-hydrogen) atoms. The van der Waals surface area contributed by atoms with Crippen molar-refractivity contribution >= 4 is 0 Å². The van der Waals surface area contributed by atoms with Gasteiger partial charge in [-0.05, 0) is 24.6 Å². The molecule has 1 aliphatic heterocycles. The van der Waals surface area contributed by atoms with Gasteiger partial charge in [0.1, 0.15) is 19.3 Å². The highest BCUT2D eigenvalue weighted by molar-refractivity contribution is 5.51. The van der Waals surface area contributed by atoms with E-state index in [9.17, 15) is 5.11 Å². The molecular weight excluding hydrogens is 242 g/mol. The number of para-hydroxylation sites is 1. The third-order valence-corrected chi connectivity index (χ3v) is 3.27. The lowest BCUT2D eigenvalue weighted by molar-refractivity contribution is 0.158. The van der Waals surface area contributed by atoms with Crippen LogP contribution in [0.3, 0.4) is 0 Å². The highest BCUT2D eigenvalue weighted by Gasteiger charge is 2.22. The average molecular weight is 257 g/mol. The highest BCUT2D eigenvalue weighted by Crippen LogP contribution is 2.39. The van der Waals surface area contributed by atoms with Gasteiger partial charge in [-0.1, -0.05) is 12.1 Å². The summed E-state index contributed by atoms with van der Waals surface area (Å²) in [5, 5.41) is 10.6. The van der Waals surface area contributed by atoms with Crippen molar-refractivity contribution in [3.8, 4) is 11.5 Å². The van der Waals surface area contributed by atoms with Crippen LogP contribution < -0.4 is 9.47 Å². The lowest BCUT2D eigenvalue weighted by Crippen LogP contribution is -2.17. The second-order valence-corrected chi connectivity index (χ2v) is 4.51. The number of aliphatic hydroxyl groups excluding tert-OH is 1. The number of hydrogen-bond donors (Lipinski definition) is 1. The molecule has 0 bridgehead atoms. The quantitative estimate of drug-likeness (QED) is 0.896. The Morgan fingerprint density at radius 1 is 1.16 bits per heavy atom. The molecule has 98 valence electrons. The number of fused-ring (bicyclic) bond motifs is 1. The van der Waals surface area contributed by atoms with E-state index in [1.807, 2.05) is 31.2 Å². The Balaban J connectivity index is 2.05. The fourth-order valence-corrected chi connectivity index (χ4v) is 2.24. The number of benzene rings is 1. The Kier molecular flexibility index (Phi) is 3.09. The van der Waals surface area contributed by atoms with Crippen LogP contribution in [0.2, 0.25) is 0 Å². The van der Waals surface area contributed by atoms with Crippen LogP contribution in [-0.4, -0.2) is 23.3 Å². The molecule has 1 N–H and O–H groups in total. The Morgan fingerprint density at radius 3 is 2.84 bits per heavy atom. The second kappa shape index (κ2) is 4.90. The van der Waals surface area contributed by atoms with Gasteiger partial charge in [0.15, 0.2) is 11.5 Å². The lowest BCUT2D eigenvalue weighted by Gasteiger charge is -2.23. The van der Waals surface area contributed by atoms with Crippen molar-refractivity contribution < 1.29 is 14.6 Å². The van der Waals surface area contributed by atoms with E-state index >= 15 is 0 Å². The maximum Gasteiger partial charge on any atom is 0.167 e. The van der Waals surface area contributed by atoms with Crippen molar-refractivity contribution in [2.24, 2.45) is 0 Å². The van der Waals surface area contributed by atoms with Gasteiger partial charge < -0.3 is 14.6 Å². The van der Waals surface area contributed by atoms with Gasteiger partial charge in [-0.3, -0.25) is 4.98 Å². The number of aromatic nitrogens is 1. The van der Waals surface area contributed by atoms with Crippen molar-refractivity contribution in [3.05, 3.63) is 53.3 Å². The zero-order chi connectivity index (χ0) is 13.2. The molecule has 1 aliphatic rings. The predicted molar refractivity (Wildman–Crippen MR) is 70.5 cm³/mol. The van der Waals surface area contributed by atoms with Crippen LogP contribution in [-0.2, 0) is 0 Å². The number of pyridine rings is 1. The molecule has 1 unspecified atom stereocenters. The monoisotopic (exact) mass is 257 g/mol. The zero-order valence-corrected chi connectivity index (χ0v) is 10.7. The normalized spacial score (nSPS) is 15.1. The number of aryl methyl sites for hydroxylation is 1. The minimum absolute atomic E-state index is 0.503. The first-order valence-corrected chi connectivity index (χ1v) is 6.24. The molecule has 1 aromatic heterocycles. The Morgan fingerprint density at radius 2 is 2.00 bits per heavy atom. The number of aliphatic hydroxyl groups is 1. The van der Waals surface area contributed by atoms with Gasteiger partial charge in [-0.2, -0.15) is 0 Å². The van der Waals surface area contributed by atoms with Crippen LogP contribution in [0.1, 0.15) is 22.8 Å². The first-order valence-electron chi connectivity index (χ1n) is 6.24. The van der Waals surface area contributed by atoms with Crippen LogP contribution in [0, 0.1) is 6.92 Å². The molecule has 0 amide bonds. The molecule has 1 atom stereocenters. The molecule has 4 heteroatoms. The van der Waals surface area contributed by atoms with E-state index in [2.05, 4.69) is 4.98 Å². The lowest BCUT2D eigenvalue weighted by atomic mass is 9.98. The van der Waals surface area contributed by atoms with Gasteiger partial charge >= 0.3 is 0 Å². The average Bonchev–Trinajstić information content (AvgIpc) is 2.46. The second-order valence-electron chi connectivity index (χ2n) is 4.51. The van der Waals surface area contributed by atoms with E-state index < -0.39 is 6.10 Å². The van der Waals surface area contributed by atoms with E-state index in [-0.39, 0.29) is 0 Å². The summed E-state index contributed by atoms with van der Waals surface area (Å²) in [5.41, 5.74) is 2.50. The summed E-state index contributed by atoms with van der Waals surface area (Å²) in [6.45, 7) is 2.99. The summed E-state index contributed by atoms with van der Waals surface area (Å²) in [6, 6.07) is 7.44. The van der Waals surface area contributed by atoms with Crippen LogP contribution in [0.25, 0.3) is 0 Å². The van der Waals surface area contributed by atoms with Gasteiger partial charge in [0.25, 0.3) is 0 Å². The predicted octanol–water partition coefficient (Wildman–Crippen LogP) is 2.24. The number of ether oxygens (including phenoxy) is 2. The maximum absolute atomic E-state index is 10.6. The van der Waals surface area contributed by atoms with Gasteiger partial charge in [0.2, 0.25) is 0 Å². The van der Waals surface area contributed by atoms with Crippen molar-refractivity contribution in [2.45, 2.75) is 13.0 Å². The summed E-state index contributed by atoms with van der Waals surface area (Å²) in [7, 11) is 0. The van der Waals surface area contributed by atoms with Crippen LogP contribution >= 0.6 is 0 Å². The molecule has 1 aromatic carbocycles. The topological polar surface area (TPSA) is 51.6 Å². The van der Waals surface area contributed by atoms with E-state index in [1.165, 1.54) is 0 Å². The minimum Gasteiger partial charge on any atom is -0.486 e. The molecule has 4 nitrogen and oxygen atoms in total. The molecule has 0 spiro atoms.